The molecule has 1 aliphatic heterocycles. The zero-order valence-electron chi connectivity index (χ0n) is 14.9. The van der Waals surface area contributed by atoms with Gasteiger partial charge in [0.2, 0.25) is 0 Å². The summed E-state index contributed by atoms with van der Waals surface area (Å²) in [5.74, 6) is 0.350. The Bertz CT molecular complexity index is 284. The zero-order chi connectivity index (χ0) is 15.7. The van der Waals surface area contributed by atoms with Crippen molar-refractivity contribution in [1.29, 1.82) is 0 Å². The van der Waals surface area contributed by atoms with E-state index in [1.807, 2.05) is 0 Å². The maximum atomic E-state index is 12.1. The van der Waals surface area contributed by atoms with E-state index in [1.165, 1.54) is 64.7 Å². The second-order valence-corrected chi connectivity index (χ2v) is 21.0. The first-order valence-electron chi connectivity index (χ1n) is 9.38. The molecule has 0 aromatic rings. The normalized spacial score (nSPS) is 19.2. The summed E-state index contributed by atoms with van der Waals surface area (Å²) in [6.45, 7) is 9.83. The number of carbonyl (C=O) groups excluding carboxylic acids is 1. The molecule has 1 rings (SSSR count). The molecule has 0 radical (unpaired) electrons. The van der Waals surface area contributed by atoms with E-state index >= 15 is 0 Å². The van der Waals surface area contributed by atoms with Crippen molar-refractivity contribution >= 4 is 24.3 Å². The van der Waals surface area contributed by atoms with E-state index in [9.17, 15) is 4.79 Å². The van der Waals surface area contributed by atoms with Crippen LogP contribution < -0.4 is 0 Å². The van der Waals surface area contributed by atoms with Crippen LogP contribution in [0.4, 0.5) is 0 Å². The molecule has 0 bridgehead atoms. The van der Waals surface area contributed by atoms with Gasteiger partial charge in [-0.25, -0.2) is 0 Å². The Kier molecular flexibility index (Phi) is 9.31. The van der Waals surface area contributed by atoms with Crippen LogP contribution in [0, 0.1) is 0 Å². The molecule has 21 heavy (non-hydrogen) atoms. The fourth-order valence-electron chi connectivity index (χ4n) is 4.24. The molecule has 2 nitrogen and oxygen atoms in total. The predicted octanol–water partition coefficient (Wildman–Crippen LogP) is 5.39. The zero-order valence-corrected chi connectivity index (χ0v) is 17.8. The molecule has 1 heterocycles. The van der Waals surface area contributed by atoms with E-state index < -0.39 is 18.4 Å². The minimum absolute atomic E-state index is 0.350. The first kappa shape index (κ1) is 19.3. The Morgan fingerprint density at radius 3 is 1.86 bits per heavy atom. The second-order valence-electron chi connectivity index (χ2n) is 7.04. The van der Waals surface area contributed by atoms with Crippen LogP contribution >= 0.6 is 0 Å². The van der Waals surface area contributed by atoms with Crippen molar-refractivity contribution < 1.29 is 4.79 Å². The number of hydrogen-bond acceptors (Lipinski definition) is 1. The number of unbranched alkanes of at least 4 members (excludes halogenated alkanes) is 3. The fourth-order valence-corrected chi connectivity index (χ4v) is 23.4. The van der Waals surface area contributed by atoms with Gasteiger partial charge in [0.05, 0.1) is 0 Å². The third-order valence-electron chi connectivity index (χ3n) is 5.45. The summed E-state index contributed by atoms with van der Waals surface area (Å²) < 4.78 is 5.31. The Morgan fingerprint density at radius 1 is 1.00 bits per heavy atom. The van der Waals surface area contributed by atoms with E-state index in [0.29, 0.717) is 5.91 Å². The molecule has 3 heteroatoms. The van der Waals surface area contributed by atoms with Crippen molar-refractivity contribution in [3.63, 3.8) is 0 Å². The Hall–Kier alpha value is 0.269. The van der Waals surface area contributed by atoms with E-state index in [0.717, 1.165) is 10.6 Å². The van der Waals surface area contributed by atoms with Gasteiger partial charge in [0, 0.05) is 0 Å². The minimum atomic E-state index is -2.24. The van der Waals surface area contributed by atoms with Crippen molar-refractivity contribution in [1.82, 2.24) is 4.90 Å². The molecule has 1 fully saturated rings. The van der Waals surface area contributed by atoms with Crippen LogP contribution in [0.15, 0.2) is 0 Å². The van der Waals surface area contributed by atoms with Crippen molar-refractivity contribution in [2.45, 2.75) is 96.4 Å². The molecule has 0 aromatic heterocycles. The molecule has 0 spiro atoms. The molecule has 1 amide bonds. The molecule has 1 atom stereocenters. The summed E-state index contributed by atoms with van der Waals surface area (Å²) in [5.41, 5.74) is 0. The number of rotatable bonds is 10. The number of amides is 1. The van der Waals surface area contributed by atoms with E-state index in [1.54, 1.807) is 6.92 Å². The van der Waals surface area contributed by atoms with Gasteiger partial charge in [-0.2, -0.15) is 0 Å². The molecule has 1 aliphatic rings. The van der Waals surface area contributed by atoms with Crippen molar-refractivity contribution in [2.24, 2.45) is 0 Å². The third-order valence-corrected chi connectivity index (χ3v) is 22.8. The van der Waals surface area contributed by atoms with Crippen molar-refractivity contribution in [2.75, 3.05) is 6.54 Å². The van der Waals surface area contributed by atoms with Crippen LogP contribution in [0.2, 0.25) is 13.3 Å². The molecule has 0 unspecified atom stereocenters. The summed E-state index contributed by atoms with van der Waals surface area (Å²) in [5, 5.41) is 0. The van der Waals surface area contributed by atoms with E-state index in [2.05, 4.69) is 25.7 Å². The molecular weight excluding hydrogens is 365 g/mol. The first-order valence-corrected chi connectivity index (χ1v) is 17.1. The third kappa shape index (κ3) is 5.44. The quantitative estimate of drug-likeness (QED) is 0.449. The van der Waals surface area contributed by atoms with Crippen LogP contribution in [0.1, 0.15) is 79.1 Å². The Balaban J connectivity index is 2.96. The van der Waals surface area contributed by atoms with Gasteiger partial charge in [0.1, 0.15) is 0 Å². The van der Waals surface area contributed by atoms with Gasteiger partial charge in [-0.3, -0.25) is 0 Å². The number of hydrogen-bond donors (Lipinski definition) is 0. The van der Waals surface area contributed by atoms with E-state index in [4.69, 9.17) is 0 Å². The van der Waals surface area contributed by atoms with Gasteiger partial charge in [-0.15, -0.1) is 0 Å². The molecule has 0 N–H and O–H groups in total. The molecule has 0 aliphatic carbocycles. The van der Waals surface area contributed by atoms with E-state index in [-0.39, 0.29) is 0 Å². The topological polar surface area (TPSA) is 20.3 Å². The summed E-state index contributed by atoms with van der Waals surface area (Å²) in [6.07, 6.45) is 10.8. The van der Waals surface area contributed by atoms with Crippen LogP contribution in [0.3, 0.4) is 0 Å². The Morgan fingerprint density at radius 2 is 1.48 bits per heavy atom. The average Bonchev–Trinajstić information content (AvgIpc) is 2.97. The summed E-state index contributed by atoms with van der Waals surface area (Å²) >= 11 is -2.24. The van der Waals surface area contributed by atoms with Gasteiger partial charge in [0.15, 0.2) is 0 Å². The summed E-state index contributed by atoms with van der Waals surface area (Å²) in [6, 6.07) is 0. The van der Waals surface area contributed by atoms with Gasteiger partial charge in [-0.1, -0.05) is 0 Å². The van der Waals surface area contributed by atoms with Gasteiger partial charge < -0.3 is 0 Å². The molecular formula is C18H37NOSn. The predicted molar refractivity (Wildman–Crippen MR) is 95.3 cm³/mol. The Labute approximate surface area is 136 Å². The molecule has 0 aromatic carbocycles. The average molecular weight is 402 g/mol. The second kappa shape index (κ2) is 10.1. The number of carbonyl (C=O) groups is 1. The number of likely N-dealkylation sites (tertiary alicyclic amines) is 1. The van der Waals surface area contributed by atoms with Gasteiger partial charge in [-0.05, 0) is 0 Å². The van der Waals surface area contributed by atoms with Crippen LogP contribution in [-0.2, 0) is 4.79 Å². The van der Waals surface area contributed by atoms with Crippen LogP contribution in [0.25, 0.3) is 0 Å². The van der Waals surface area contributed by atoms with Crippen molar-refractivity contribution in [3.05, 3.63) is 0 Å². The SMILES string of the molecule is CCC[CH2][Sn]([CH2]CCC)([CH2]CCC)[C@H]1CCCN1C(C)=O. The molecule has 0 saturated carbocycles. The summed E-state index contributed by atoms with van der Waals surface area (Å²) in [7, 11) is 0. The monoisotopic (exact) mass is 403 g/mol. The van der Waals surface area contributed by atoms with Gasteiger partial charge >= 0.3 is 137 Å². The summed E-state index contributed by atoms with van der Waals surface area (Å²) in [4.78, 5) is 14.4. The first-order chi connectivity index (χ1) is 10.1. The molecule has 124 valence electrons. The van der Waals surface area contributed by atoms with Crippen LogP contribution in [-0.4, -0.2) is 39.8 Å². The van der Waals surface area contributed by atoms with Gasteiger partial charge in [0.25, 0.3) is 0 Å². The number of nitrogens with zero attached hydrogens (tertiary/aromatic N) is 1. The maximum absolute atomic E-state index is 12.1. The standard InChI is InChI=1S/C6H10NO.3C4H9.Sn/c1-6(8)7-4-2-3-5-7;3*1-3-4-2;/h4H,2-3,5H2,1H3;3*1,3-4H2,2H3;. The van der Waals surface area contributed by atoms with Crippen molar-refractivity contribution in [3.8, 4) is 0 Å². The van der Waals surface area contributed by atoms with Crippen LogP contribution in [0.5, 0.6) is 0 Å². The molecule has 1 saturated heterocycles. The fraction of sp³-hybridized carbons (Fsp3) is 0.944.